The highest BCUT2D eigenvalue weighted by Crippen LogP contribution is 2.33. The number of aryl methyl sites for hydroxylation is 1. The van der Waals surface area contributed by atoms with Crippen LogP contribution in [-0.2, 0) is 7.05 Å². The Labute approximate surface area is 111 Å². The monoisotopic (exact) mass is 340 g/mol. The molecule has 0 atom stereocenters. The van der Waals surface area contributed by atoms with Gasteiger partial charge in [-0.2, -0.15) is 11.3 Å². The van der Waals surface area contributed by atoms with Crippen LogP contribution in [0.3, 0.4) is 0 Å². The molecule has 0 fully saturated rings. The Morgan fingerprint density at radius 2 is 2.25 bits per heavy atom. The Morgan fingerprint density at radius 1 is 1.38 bits per heavy atom. The highest BCUT2D eigenvalue weighted by Gasteiger charge is 2.14. The summed E-state index contributed by atoms with van der Waals surface area (Å²) in [5, 5.41) is 5.51. The van der Waals surface area contributed by atoms with Gasteiger partial charge in [-0.15, -0.1) is 0 Å². The van der Waals surface area contributed by atoms with Crippen LogP contribution in [0.15, 0.2) is 35.2 Å². The zero-order valence-electron chi connectivity index (χ0n) is 8.64. The molecule has 0 saturated heterocycles. The SMILES string of the molecule is Cn1c(-c2ccsc2)c(I)c2cccnc21. The first-order chi connectivity index (χ1) is 7.79. The number of fused-ring (bicyclic) bond motifs is 1. The third-order valence-electron chi connectivity index (χ3n) is 2.68. The van der Waals surface area contributed by atoms with Crippen LogP contribution in [0.4, 0.5) is 0 Å². The predicted octanol–water partition coefficient (Wildman–Crippen LogP) is 3.91. The topological polar surface area (TPSA) is 17.8 Å². The molecule has 0 radical (unpaired) electrons. The van der Waals surface area contributed by atoms with E-state index in [1.807, 2.05) is 12.3 Å². The van der Waals surface area contributed by atoms with Crippen molar-refractivity contribution < 1.29 is 0 Å². The predicted molar refractivity (Wildman–Crippen MR) is 76.7 cm³/mol. The Morgan fingerprint density at radius 3 is 2.94 bits per heavy atom. The lowest BCUT2D eigenvalue weighted by Gasteiger charge is -2.01. The smallest absolute Gasteiger partial charge is 0.141 e. The summed E-state index contributed by atoms with van der Waals surface area (Å²) in [5.41, 5.74) is 3.58. The van der Waals surface area contributed by atoms with Gasteiger partial charge in [0.2, 0.25) is 0 Å². The van der Waals surface area contributed by atoms with Gasteiger partial charge in [-0.05, 0) is 46.2 Å². The molecule has 0 spiro atoms. The maximum Gasteiger partial charge on any atom is 0.141 e. The fraction of sp³-hybridized carbons (Fsp3) is 0.0833. The van der Waals surface area contributed by atoms with E-state index in [0.717, 1.165) is 5.65 Å². The molecule has 0 saturated carbocycles. The second-order valence-corrected chi connectivity index (χ2v) is 5.47. The Balaban J connectivity index is 2.42. The minimum atomic E-state index is 1.05. The highest BCUT2D eigenvalue weighted by atomic mass is 127. The molecule has 3 rings (SSSR count). The van der Waals surface area contributed by atoms with Gasteiger partial charge in [-0.1, -0.05) is 0 Å². The van der Waals surface area contributed by atoms with Gasteiger partial charge in [-0.3, -0.25) is 0 Å². The van der Waals surface area contributed by atoms with E-state index in [1.165, 1.54) is 20.2 Å². The minimum absolute atomic E-state index is 1.05. The fourth-order valence-electron chi connectivity index (χ4n) is 1.94. The molecule has 0 aromatic carbocycles. The van der Waals surface area contributed by atoms with Crippen LogP contribution in [0.25, 0.3) is 22.3 Å². The van der Waals surface area contributed by atoms with Crippen LogP contribution in [0, 0.1) is 3.57 Å². The van der Waals surface area contributed by atoms with Crippen LogP contribution in [0.1, 0.15) is 0 Å². The molecular weight excluding hydrogens is 331 g/mol. The Hall–Kier alpha value is -0.880. The number of hydrogen-bond donors (Lipinski definition) is 0. The van der Waals surface area contributed by atoms with Crippen molar-refractivity contribution in [2.45, 2.75) is 0 Å². The third-order valence-corrected chi connectivity index (χ3v) is 4.45. The molecule has 0 aliphatic heterocycles. The highest BCUT2D eigenvalue weighted by molar-refractivity contribution is 14.1. The van der Waals surface area contributed by atoms with Gasteiger partial charge in [0.15, 0.2) is 0 Å². The number of hydrogen-bond acceptors (Lipinski definition) is 2. The summed E-state index contributed by atoms with van der Waals surface area (Å²) in [7, 11) is 2.07. The normalized spacial score (nSPS) is 11.1. The summed E-state index contributed by atoms with van der Waals surface area (Å²) < 4.78 is 3.45. The van der Waals surface area contributed by atoms with Crippen molar-refractivity contribution >= 4 is 45.0 Å². The fourth-order valence-corrected chi connectivity index (χ4v) is 3.67. The zero-order chi connectivity index (χ0) is 11.1. The van der Waals surface area contributed by atoms with Crippen LogP contribution in [-0.4, -0.2) is 9.55 Å². The number of pyridine rings is 1. The second kappa shape index (κ2) is 3.85. The van der Waals surface area contributed by atoms with Gasteiger partial charge < -0.3 is 4.57 Å². The molecule has 3 heterocycles. The average molecular weight is 340 g/mol. The van der Waals surface area contributed by atoms with Gasteiger partial charge in [-0.25, -0.2) is 4.98 Å². The molecule has 0 bridgehead atoms. The third kappa shape index (κ3) is 1.40. The quantitative estimate of drug-likeness (QED) is 0.614. The van der Waals surface area contributed by atoms with E-state index in [-0.39, 0.29) is 0 Å². The van der Waals surface area contributed by atoms with Gasteiger partial charge in [0.25, 0.3) is 0 Å². The van der Waals surface area contributed by atoms with E-state index < -0.39 is 0 Å². The number of aromatic nitrogens is 2. The van der Waals surface area contributed by atoms with Crippen molar-refractivity contribution in [3.05, 3.63) is 38.7 Å². The number of nitrogens with zero attached hydrogens (tertiary/aromatic N) is 2. The molecule has 0 N–H and O–H groups in total. The number of thiophene rings is 1. The van der Waals surface area contributed by atoms with Crippen molar-refractivity contribution in [3.63, 3.8) is 0 Å². The maximum atomic E-state index is 4.43. The lowest BCUT2D eigenvalue weighted by molar-refractivity contribution is 0.956. The molecule has 16 heavy (non-hydrogen) atoms. The van der Waals surface area contributed by atoms with E-state index >= 15 is 0 Å². The molecule has 0 unspecified atom stereocenters. The lowest BCUT2D eigenvalue weighted by atomic mass is 10.2. The average Bonchev–Trinajstić information content (AvgIpc) is 2.89. The molecule has 2 nitrogen and oxygen atoms in total. The summed E-state index contributed by atoms with van der Waals surface area (Å²) in [6.07, 6.45) is 1.84. The molecule has 3 aromatic rings. The summed E-state index contributed by atoms with van der Waals surface area (Å²) in [6, 6.07) is 6.27. The lowest BCUT2D eigenvalue weighted by Crippen LogP contribution is -1.92. The molecule has 0 amide bonds. The summed E-state index contributed by atoms with van der Waals surface area (Å²) in [5.74, 6) is 0. The minimum Gasteiger partial charge on any atom is -0.327 e. The standard InChI is InChI=1S/C12H9IN2S/c1-15-11(8-4-6-16-7-8)10(13)9-3-2-5-14-12(9)15/h2-7H,1H3. The second-order valence-electron chi connectivity index (χ2n) is 3.61. The van der Waals surface area contributed by atoms with Crippen LogP contribution < -0.4 is 0 Å². The van der Waals surface area contributed by atoms with E-state index in [4.69, 9.17) is 0 Å². The molecule has 0 aliphatic carbocycles. The van der Waals surface area contributed by atoms with Gasteiger partial charge in [0.05, 0.1) is 5.69 Å². The summed E-state index contributed by atoms with van der Waals surface area (Å²) in [4.78, 5) is 4.43. The van der Waals surface area contributed by atoms with Crippen LogP contribution in [0.2, 0.25) is 0 Å². The summed E-state index contributed by atoms with van der Waals surface area (Å²) >= 11 is 4.13. The molecule has 3 aromatic heterocycles. The van der Waals surface area contributed by atoms with E-state index in [0.29, 0.717) is 0 Å². The largest absolute Gasteiger partial charge is 0.327 e. The van der Waals surface area contributed by atoms with Crippen molar-refractivity contribution in [3.8, 4) is 11.3 Å². The number of halogens is 1. The maximum absolute atomic E-state index is 4.43. The van der Waals surface area contributed by atoms with Crippen LogP contribution in [0.5, 0.6) is 0 Å². The zero-order valence-corrected chi connectivity index (χ0v) is 11.6. The Bertz CT molecular complexity index is 601. The summed E-state index contributed by atoms with van der Waals surface area (Å²) in [6.45, 7) is 0. The van der Waals surface area contributed by atoms with E-state index in [1.54, 1.807) is 11.3 Å². The number of rotatable bonds is 1. The van der Waals surface area contributed by atoms with Crippen molar-refractivity contribution in [1.82, 2.24) is 9.55 Å². The van der Waals surface area contributed by atoms with Crippen LogP contribution >= 0.6 is 33.9 Å². The first-order valence-corrected chi connectivity index (χ1v) is 6.92. The van der Waals surface area contributed by atoms with Gasteiger partial charge in [0.1, 0.15) is 5.65 Å². The first-order valence-electron chi connectivity index (χ1n) is 4.90. The van der Waals surface area contributed by atoms with E-state index in [2.05, 4.69) is 62.1 Å². The molecule has 4 heteroatoms. The molecular formula is C12H9IN2S. The van der Waals surface area contributed by atoms with Gasteiger partial charge in [0, 0.05) is 33.1 Å². The Kier molecular flexibility index (Phi) is 2.48. The molecule has 80 valence electrons. The van der Waals surface area contributed by atoms with Gasteiger partial charge >= 0.3 is 0 Å². The molecule has 0 aliphatic rings. The van der Waals surface area contributed by atoms with Crippen molar-refractivity contribution in [1.29, 1.82) is 0 Å². The van der Waals surface area contributed by atoms with Crippen molar-refractivity contribution in [2.75, 3.05) is 0 Å². The first kappa shape index (κ1) is 10.3. The van der Waals surface area contributed by atoms with E-state index in [9.17, 15) is 0 Å². The van der Waals surface area contributed by atoms with Crippen molar-refractivity contribution in [2.24, 2.45) is 7.05 Å².